The van der Waals surface area contributed by atoms with Gasteiger partial charge in [-0.15, -0.1) is 0 Å². The normalized spacial score (nSPS) is 22.2. The molecule has 1 aliphatic heterocycles. The Morgan fingerprint density at radius 3 is 0.689 bits per heavy atom. The Hall–Kier alpha value is -2.73. The van der Waals surface area contributed by atoms with Crippen LogP contribution in [0.1, 0.15) is 16.7 Å². The molecule has 0 nitrogen and oxygen atoms in total. The first-order valence-electron chi connectivity index (χ1n) is 15.0. The summed E-state index contributed by atoms with van der Waals surface area (Å²) in [5, 5.41) is 10.5. The number of aryl methyl sites for hydroxylation is 3. The van der Waals surface area contributed by atoms with Crippen molar-refractivity contribution in [2.75, 3.05) is 0 Å². The molecule has 0 fully saturated rings. The zero-order chi connectivity index (χ0) is 31.4. The van der Waals surface area contributed by atoms with E-state index in [9.17, 15) is 0 Å². The van der Waals surface area contributed by atoms with Gasteiger partial charge in [-0.05, 0) is 86.7 Å². The van der Waals surface area contributed by atoms with Gasteiger partial charge in [0.25, 0.3) is 0 Å². The fourth-order valence-corrected chi connectivity index (χ4v) is 17.8. The Kier molecular flexibility index (Phi) is 8.11. The zero-order valence-corrected chi connectivity index (χ0v) is 30.6. The molecule has 1 heterocycles. The topological polar surface area (TPSA) is 0 Å². The second-order valence-electron chi connectivity index (χ2n) is 11.9. The Bertz CT molecular complexity index is 1890. The molecule has 7 rings (SSSR count). The number of hydrogen-bond acceptors (Lipinski definition) is 3. The Morgan fingerprint density at radius 2 is 0.489 bits per heavy atom. The summed E-state index contributed by atoms with van der Waals surface area (Å²) in [6, 6.07) is 46.0. The third-order valence-electron chi connectivity index (χ3n) is 8.86. The van der Waals surface area contributed by atoms with E-state index < -0.39 is 18.1 Å². The summed E-state index contributed by atoms with van der Waals surface area (Å²) in [6.07, 6.45) is 0. The van der Waals surface area contributed by atoms with Crippen LogP contribution in [0.4, 0.5) is 0 Å². The van der Waals surface area contributed by atoms with E-state index in [0.717, 1.165) is 31.8 Å². The Balaban J connectivity index is 1.64. The molecule has 6 bridgehead atoms. The molecule has 1 aliphatic rings. The highest BCUT2D eigenvalue weighted by Gasteiger charge is 2.34. The first-order chi connectivity index (χ1) is 21.6. The van der Waals surface area contributed by atoms with Crippen LogP contribution >= 0.6 is 18.1 Å². The zero-order valence-electron chi connectivity index (χ0n) is 25.4. The molecule has 0 amide bonds. The highest BCUT2D eigenvalue weighted by molar-refractivity contribution is 8.27. The molecule has 0 saturated carbocycles. The van der Waals surface area contributed by atoms with Gasteiger partial charge >= 0.3 is 0 Å². The minimum absolute atomic E-state index is 1.16. The van der Waals surface area contributed by atoms with E-state index in [0.29, 0.717) is 0 Å². The maximum absolute atomic E-state index is 6.96. The van der Waals surface area contributed by atoms with Crippen LogP contribution in [0.2, 0.25) is 0 Å². The summed E-state index contributed by atoms with van der Waals surface area (Å²) >= 11 is 20.9. The maximum atomic E-state index is 6.96. The average molecular weight is 691 g/mol. The van der Waals surface area contributed by atoms with Crippen LogP contribution in [0.15, 0.2) is 146 Å². The van der Waals surface area contributed by atoms with Crippen LogP contribution in [-0.2, 0) is 35.4 Å². The number of rotatable bonds is 3. The van der Waals surface area contributed by atoms with E-state index in [-0.39, 0.29) is 0 Å². The smallest absolute Gasteiger partial charge is 0.0379 e. The first kappa shape index (κ1) is 30.9. The van der Waals surface area contributed by atoms with Crippen molar-refractivity contribution in [2.24, 2.45) is 0 Å². The lowest BCUT2D eigenvalue weighted by Crippen LogP contribution is -2.34. The lowest BCUT2D eigenvalue weighted by molar-refractivity contribution is 1.49. The molecule has 0 saturated heterocycles. The van der Waals surface area contributed by atoms with Crippen LogP contribution in [0.3, 0.4) is 0 Å². The van der Waals surface area contributed by atoms with Crippen molar-refractivity contribution >= 4 is 101 Å². The third-order valence-corrected chi connectivity index (χ3v) is 23.7. The summed E-state index contributed by atoms with van der Waals surface area (Å²) < 4.78 is 0. The first-order valence-corrected chi connectivity index (χ1v) is 23.4. The molecule has 0 unspecified atom stereocenters. The summed E-state index contributed by atoms with van der Waals surface area (Å²) in [5.74, 6) is 0. The van der Waals surface area contributed by atoms with E-state index in [2.05, 4.69) is 166 Å². The molecule has 0 spiro atoms. The van der Waals surface area contributed by atoms with E-state index in [4.69, 9.17) is 35.4 Å². The Morgan fingerprint density at radius 1 is 0.289 bits per heavy atom. The van der Waals surface area contributed by atoms with Crippen molar-refractivity contribution in [3.8, 4) is 0 Å². The average Bonchev–Trinajstić information content (AvgIpc) is 3.08. The van der Waals surface area contributed by atoms with Gasteiger partial charge in [-0.25, -0.2) is 0 Å². The quantitative estimate of drug-likeness (QED) is 0.203. The van der Waals surface area contributed by atoms with Gasteiger partial charge in [-0.2, -0.15) is 0 Å². The molecule has 0 radical (unpaired) electrons. The lowest BCUT2D eigenvalue weighted by atomic mass is 10.2. The summed E-state index contributed by atoms with van der Waals surface area (Å²) in [7, 11) is 0. The third kappa shape index (κ3) is 5.14. The molecule has 6 heteroatoms. The predicted octanol–water partition coefficient (Wildman–Crippen LogP) is 6.19. The SMILES string of the molecule is Cc1ccc(P2(=S)c3cccc(c3)P(=S)(c3ccc(C)cc3)c3cccc(c3)P(=S)(c3ccc(C)cc3)c3cccc2c3)cc1. The van der Waals surface area contributed by atoms with Crippen molar-refractivity contribution in [1.82, 2.24) is 0 Å². The lowest BCUT2D eigenvalue weighted by Gasteiger charge is -2.32. The number of benzene rings is 6. The van der Waals surface area contributed by atoms with Crippen LogP contribution in [0, 0.1) is 20.8 Å². The fourth-order valence-electron chi connectivity index (χ4n) is 6.26. The van der Waals surface area contributed by atoms with E-state index in [1.165, 1.54) is 32.6 Å². The molecule has 45 heavy (non-hydrogen) atoms. The minimum Gasteiger partial charge on any atom is -0.0826 e. The van der Waals surface area contributed by atoms with Crippen LogP contribution < -0.4 is 47.7 Å². The van der Waals surface area contributed by atoms with Crippen molar-refractivity contribution in [3.63, 3.8) is 0 Å². The van der Waals surface area contributed by atoms with Gasteiger partial charge in [-0.3, -0.25) is 0 Å². The van der Waals surface area contributed by atoms with Gasteiger partial charge in [0.15, 0.2) is 0 Å². The van der Waals surface area contributed by atoms with Crippen molar-refractivity contribution < 1.29 is 0 Å². The summed E-state index contributed by atoms with van der Waals surface area (Å²) in [4.78, 5) is 0. The molecular weight excluding hydrogens is 658 g/mol. The van der Waals surface area contributed by atoms with Gasteiger partial charge < -0.3 is 0 Å². The second-order valence-corrected chi connectivity index (χ2v) is 25.1. The highest BCUT2D eigenvalue weighted by Crippen LogP contribution is 2.49. The molecule has 6 aromatic rings. The summed E-state index contributed by atoms with van der Waals surface area (Å²) in [6.45, 7) is 6.39. The van der Waals surface area contributed by atoms with E-state index >= 15 is 0 Å². The minimum atomic E-state index is -2.49. The molecule has 0 aromatic heterocycles. The van der Waals surface area contributed by atoms with Gasteiger partial charge in [0.2, 0.25) is 0 Å². The maximum Gasteiger partial charge on any atom is 0.0379 e. The van der Waals surface area contributed by atoms with Crippen molar-refractivity contribution in [1.29, 1.82) is 0 Å². The monoisotopic (exact) mass is 690 g/mol. The summed E-state index contributed by atoms with van der Waals surface area (Å²) in [5.41, 5.74) is 3.67. The van der Waals surface area contributed by atoms with E-state index in [1.54, 1.807) is 0 Å². The van der Waals surface area contributed by atoms with Gasteiger partial charge in [-0.1, -0.05) is 180 Å². The van der Waals surface area contributed by atoms with Gasteiger partial charge in [0, 0.05) is 18.1 Å². The van der Waals surface area contributed by atoms with Crippen LogP contribution in [0.5, 0.6) is 0 Å². The molecule has 0 aliphatic carbocycles. The molecular formula is C39H33P3S3. The van der Waals surface area contributed by atoms with Crippen LogP contribution in [0.25, 0.3) is 0 Å². The van der Waals surface area contributed by atoms with Crippen molar-refractivity contribution in [2.45, 2.75) is 20.8 Å². The standard InChI is InChI=1S/C39H33P3S3/c1-28-13-19-31(20-14-28)40(43)34-7-4-9-36(25-34)41(44,32-21-15-29(2)16-22-32)38-11-6-12-39(27-38)42(45,33-23-17-30(3)18-24-33)37-10-5-8-35(40)26-37/h4-27H,1-3H3. The number of hydrogen-bond donors (Lipinski definition) is 0. The molecule has 6 aromatic carbocycles. The molecule has 0 atom stereocenters. The number of fused-ring (bicyclic) bond motifs is 6. The predicted molar refractivity (Wildman–Crippen MR) is 212 cm³/mol. The largest absolute Gasteiger partial charge is 0.0826 e. The fraction of sp³-hybridized carbons (Fsp3) is 0.0769. The van der Waals surface area contributed by atoms with Crippen LogP contribution in [-0.4, -0.2) is 0 Å². The van der Waals surface area contributed by atoms with Crippen molar-refractivity contribution in [3.05, 3.63) is 162 Å². The molecule has 222 valence electrons. The Labute approximate surface area is 282 Å². The molecule has 0 N–H and O–H groups in total. The second kappa shape index (κ2) is 11.8. The van der Waals surface area contributed by atoms with Gasteiger partial charge in [0.1, 0.15) is 0 Å². The van der Waals surface area contributed by atoms with Gasteiger partial charge in [0.05, 0.1) is 0 Å². The highest BCUT2D eigenvalue weighted by atomic mass is 32.4. The van der Waals surface area contributed by atoms with E-state index in [1.807, 2.05) is 0 Å².